The maximum absolute atomic E-state index is 10.5. The molecule has 2 aromatic rings. The molecule has 0 aliphatic heterocycles. The Hall–Kier alpha value is -2.27. The second kappa shape index (κ2) is 9.63. The largest absolute Gasteiger partial charge is 0.480 e. The van der Waals surface area contributed by atoms with Crippen LogP contribution in [-0.4, -0.2) is 49.6 Å². The van der Waals surface area contributed by atoms with Crippen molar-refractivity contribution < 1.29 is 9.90 Å². The monoisotopic (exact) mass is 310 g/mol. The number of imidazole rings is 2. The first-order chi connectivity index (χ1) is 10.6. The molecule has 0 spiro atoms. The minimum Gasteiger partial charge on any atom is -0.480 e. The first kappa shape index (κ1) is 17.8. The second-order valence-electron chi connectivity index (χ2n) is 4.62. The van der Waals surface area contributed by atoms with Crippen molar-refractivity contribution in [3.8, 4) is 0 Å². The number of rotatable bonds is 7. The van der Waals surface area contributed by atoms with E-state index in [9.17, 15) is 4.79 Å². The van der Waals surface area contributed by atoms with Crippen molar-refractivity contribution in [3.05, 3.63) is 36.4 Å². The van der Waals surface area contributed by atoms with Gasteiger partial charge in [-0.05, 0) is 0 Å². The molecule has 0 saturated heterocycles. The van der Waals surface area contributed by atoms with Gasteiger partial charge in [-0.15, -0.1) is 0 Å². The predicted octanol–water partition coefficient (Wildman–Crippen LogP) is -1.89. The van der Waals surface area contributed by atoms with E-state index >= 15 is 0 Å². The Morgan fingerprint density at radius 3 is 2.14 bits per heavy atom. The van der Waals surface area contributed by atoms with Crippen molar-refractivity contribution in [1.82, 2.24) is 25.4 Å². The third-order valence-electron chi connectivity index (χ3n) is 2.82. The number of carbonyl (C=O) groups is 1. The molecule has 1 unspecified atom stereocenters. The first-order valence-electron chi connectivity index (χ1n) is 6.65. The summed E-state index contributed by atoms with van der Waals surface area (Å²) in [6.45, 7) is 0.513. The molecule has 2 aromatic heterocycles. The van der Waals surface area contributed by atoms with E-state index in [1.54, 1.807) is 18.7 Å². The summed E-state index contributed by atoms with van der Waals surface area (Å²) in [6, 6.07) is -0.731. The minimum atomic E-state index is -0.980. The van der Waals surface area contributed by atoms with E-state index in [1.165, 1.54) is 6.33 Å². The summed E-state index contributed by atoms with van der Waals surface area (Å²) in [4.78, 5) is 23.8. The van der Waals surface area contributed by atoms with Gasteiger partial charge in [-0.1, -0.05) is 0 Å². The smallest absolute Gasteiger partial charge is 0.322 e. The van der Waals surface area contributed by atoms with Gasteiger partial charge in [-0.2, -0.15) is 0 Å². The molecule has 2 rings (SSSR count). The fourth-order valence-corrected chi connectivity index (χ4v) is 1.60. The molecule has 0 aromatic carbocycles. The number of aromatic amines is 2. The Labute approximate surface area is 127 Å². The van der Waals surface area contributed by atoms with Gasteiger partial charge >= 0.3 is 5.97 Å². The number of carboxylic acids is 1. The van der Waals surface area contributed by atoms with Crippen molar-refractivity contribution in [1.29, 1.82) is 0 Å². The van der Waals surface area contributed by atoms with Gasteiger partial charge in [0.25, 0.3) is 0 Å². The van der Waals surface area contributed by atoms with Gasteiger partial charge in [-0.25, -0.2) is 15.4 Å². The zero-order chi connectivity index (χ0) is 16.4. The normalized spacial score (nSPS) is 13.0. The molecule has 0 aliphatic rings. The minimum absolute atomic E-state index is 0.0421. The van der Waals surface area contributed by atoms with Crippen LogP contribution in [0.5, 0.6) is 0 Å². The number of H-pyrrole nitrogens is 2. The first-order valence-corrected chi connectivity index (χ1v) is 6.65. The summed E-state index contributed by atoms with van der Waals surface area (Å²) in [5.74, 6) is 4.05. The molecule has 22 heavy (non-hydrogen) atoms. The van der Waals surface area contributed by atoms with E-state index < -0.39 is 12.0 Å². The van der Waals surface area contributed by atoms with Crippen LogP contribution in [0.3, 0.4) is 0 Å². The summed E-state index contributed by atoms with van der Waals surface area (Å²) in [5, 5.41) is 8.60. The van der Waals surface area contributed by atoms with Crippen LogP contribution >= 0.6 is 0 Å². The molecule has 10 nitrogen and oxygen atoms in total. The molecule has 10 heteroatoms. The van der Waals surface area contributed by atoms with Gasteiger partial charge in [0.05, 0.1) is 12.7 Å². The number of carboxylic acid groups (broad SMARTS) is 1. The molecule has 2 heterocycles. The van der Waals surface area contributed by atoms with Crippen LogP contribution in [0, 0.1) is 0 Å². The van der Waals surface area contributed by atoms with Crippen LogP contribution in [0.1, 0.15) is 11.4 Å². The number of nitrogens with one attached hydrogen (secondary N) is 3. The Balaban J connectivity index is 0.000000224. The van der Waals surface area contributed by atoms with Crippen LogP contribution in [0.15, 0.2) is 25.0 Å². The third kappa shape index (κ3) is 6.45. The lowest BCUT2D eigenvalue weighted by Crippen LogP contribution is -2.42. The molecule has 0 amide bonds. The molecule has 0 radical (unpaired) electrons. The predicted molar refractivity (Wildman–Crippen MR) is 80.4 cm³/mol. The summed E-state index contributed by atoms with van der Waals surface area (Å²) >= 11 is 0. The van der Waals surface area contributed by atoms with Gasteiger partial charge in [0.15, 0.2) is 0 Å². The Morgan fingerprint density at radius 2 is 1.77 bits per heavy atom. The van der Waals surface area contributed by atoms with E-state index in [2.05, 4.69) is 25.4 Å². The Bertz CT molecular complexity index is 513. The van der Waals surface area contributed by atoms with Crippen molar-refractivity contribution >= 4 is 5.97 Å². The van der Waals surface area contributed by atoms with Crippen LogP contribution in [0.4, 0.5) is 0 Å². The zero-order valence-corrected chi connectivity index (χ0v) is 12.1. The lowest BCUT2D eigenvalue weighted by molar-refractivity contribution is -0.139. The molecular weight excluding hydrogens is 288 g/mol. The van der Waals surface area contributed by atoms with Crippen molar-refractivity contribution in [2.45, 2.75) is 24.9 Å². The maximum Gasteiger partial charge on any atom is 0.322 e. The highest BCUT2D eigenvalue weighted by molar-refractivity contribution is 5.73. The Morgan fingerprint density at radius 1 is 1.23 bits per heavy atom. The number of aromatic nitrogens is 4. The summed E-state index contributed by atoms with van der Waals surface area (Å²) < 4.78 is 0. The maximum atomic E-state index is 10.5. The second-order valence-corrected chi connectivity index (χ2v) is 4.62. The zero-order valence-electron chi connectivity index (χ0n) is 12.1. The molecule has 0 bridgehead atoms. The summed E-state index contributed by atoms with van der Waals surface area (Å²) in [6.07, 6.45) is 7.52. The number of nitrogens with two attached hydrogens (primary N) is 3. The third-order valence-corrected chi connectivity index (χ3v) is 2.82. The van der Waals surface area contributed by atoms with E-state index in [4.69, 9.17) is 22.4 Å². The fraction of sp³-hybridized carbons (Fsp3) is 0.417. The fourth-order valence-electron chi connectivity index (χ4n) is 1.60. The highest BCUT2D eigenvalue weighted by atomic mass is 16.4. The molecule has 2 atom stereocenters. The topological polar surface area (TPSA) is 185 Å². The molecular formula is C12H22N8O2. The molecule has 10 N–H and O–H groups in total. The van der Waals surface area contributed by atoms with Gasteiger partial charge in [0.2, 0.25) is 0 Å². The number of aliphatic carboxylic acids is 1. The molecule has 0 aliphatic carbocycles. The lowest BCUT2D eigenvalue weighted by atomic mass is 10.2. The highest BCUT2D eigenvalue weighted by Crippen LogP contribution is 1.97. The van der Waals surface area contributed by atoms with Gasteiger partial charge in [-0.3, -0.25) is 10.6 Å². The van der Waals surface area contributed by atoms with Crippen LogP contribution in [0.2, 0.25) is 0 Å². The lowest BCUT2D eigenvalue weighted by Gasteiger charge is -2.08. The van der Waals surface area contributed by atoms with Crippen LogP contribution in [-0.2, 0) is 17.6 Å². The SMILES string of the molecule is NCC(N)Cc1cnc[nH]1.NN[C@@H](Cc1cnc[nH]1)C(=O)O. The van der Waals surface area contributed by atoms with E-state index in [-0.39, 0.29) is 6.04 Å². The van der Waals surface area contributed by atoms with E-state index in [0.717, 1.165) is 17.8 Å². The molecule has 122 valence electrons. The van der Waals surface area contributed by atoms with E-state index in [1.807, 2.05) is 0 Å². The van der Waals surface area contributed by atoms with Crippen LogP contribution in [0.25, 0.3) is 0 Å². The average Bonchev–Trinajstić information content (AvgIpc) is 3.18. The Kier molecular flexibility index (Phi) is 7.78. The van der Waals surface area contributed by atoms with Crippen molar-refractivity contribution in [2.75, 3.05) is 6.54 Å². The molecule has 0 saturated carbocycles. The highest BCUT2D eigenvalue weighted by Gasteiger charge is 2.15. The number of hydrogen-bond acceptors (Lipinski definition) is 7. The summed E-state index contributed by atoms with van der Waals surface area (Å²) in [5.41, 5.74) is 14.9. The average molecular weight is 310 g/mol. The number of nitrogens with zero attached hydrogens (tertiary/aromatic N) is 2. The molecule has 0 fully saturated rings. The standard InChI is InChI=1S/C6H10N4O2.C6H12N4/c7-10-5(6(11)12)1-4-2-8-3-9-4;7-2-5(8)1-6-3-9-4-10-6/h2-3,5,10H,1,7H2,(H,8,9)(H,11,12);3-5H,1-2,7-8H2,(H,9,10)/t5-;/m0./s1. The van der Waals surface area contributed by atoms with Crippen LogP contribution < -0.4 is 22.7 Å². The quantitative estimate of drug-likeness (QED) is 0.228. The summed E-state index contributed by atoms with van der Waals surface area (Å²) in [7, 11) is 0. The number of hydrogen-bond donors (Lipinski definition) is 7. The van der Waals surface area contributed by atoms with Gasteiger partial charge < -0.3 is 26.5 Å². The van der Waals surface area contributed by atoms with Crippen molar-refractivity contribution in [3.63, 3.8) is 0 Å². The van der Waals surface area contributed by atoms with E-state index in [0.29, 0.717) is 13.0 Å². The van der Waals surface area contributed by atoms with Crippen molar-refractivity contribution in [2.24, 2.45) is 17.3 Å². The van der Waals surface area contributed by atoms with Gasteiger partial charge in [0, 0.05) is 49.2 Å². The van der Waals surface area contributed by atoms with Gasteiger partial charge in [0.1, 0.15) is 6.04 Å². The number of hydrazine groups is 1.